The van der Waals surface area contributed by atoms with Crippen LogP contribution in [0, 0.1) is 5.82 Å². The Hall–Kier alpha value is -3.17. The van der Waals surface area contributed by atoms with E-state index < -0.39 is 5.60 Å². The Kier molecular flexibility index (Phi) is 7.97. The van der Waals surface area contributed by atoms with Crippen LogP contribution in [0.4, 0.5) is 4.39 Å². The van der Waals surface area contributed by atoms with E-state index in [1.807, 2.05) is 18.2 Å². The van der Waals surface area contributed by atoms with Crippen molar-refractivity contribution in [2.24, 2.45) is 0 Å². The predicted octanol–water partition coefficient (Wildman–Crippen LogP) is 2.13. The van der Waals surface area contributed by atoms with Crippen LogP contribution in [0.25, 0.3) is 0 Å². The largest absolute Gasteiger partial charge is 0.490 e. The van der Waals surface area contributed by atoms with Gasteiger partial charge in [0, 0.05) is 19.6 Å². The highest BCUT2D eigenvalue weighted by Gasteiger charge is 2.42. The number of benzene rings is 2. The Bertz CT molecular complexity index is 952. The second kappa shape index (κ2) is 11.3. The molecule has 8 nitrogen and oxygen atoms in total. The summed E-state index contributed by atoms with van der Waals surface area (Å²) in [6, 6.07) is 14.8. The first-order valence-electron chi connectivity index (χ1n) is 11.4. The van der Waals surface area contributed by atoms with E-state index in [-0.39, 0.29) is 50.4 Å². The number of rotatable bonds is 8. The van der Waals surface area contributed by atoms with E-state index in [9.17, 15) is 14.0 Å². The van der Waals surface area contributed by atoms with Crippen LogP contribution in [0.15, 0.2) is 54.6 Å². The van der Waals surface area contributed by atoms with Crippen molar-refractivity contribution in [1.82, 2.24) is 9.80 Å². The lowest BCUT2D eigenvalue weighted by Gasteiger charge is -2.43. The maximum absolute atomic E-state index is 13.3. The highest BCUT2D eigenvalue weighted by molar-refractivity contribution is 5.79. The lowest BCUT2D eigenvalue weighted by atomic mass is 9.96. The molecule has 2 aromatic rings. The molecule has 1 unspecified atom stereocenters. The van der Waals surface area contributed by atoms with Crippen molar-refractivity contribution in [2.45, 2.75) is 12.0 Å². The van der Waals surface area contributed by atoms with Crippen LogP contribution in [0.5, 0.6) is 11.5 Å². The predicted molar refractivity (Wildman–Crippen MR) is 121 cm³/mol. The molecular formula is C25H29FN2O6. The van der Waals surface area contributed by atoms with Gasteiger partial charge in [-0.3, -0.25) is 9.59 Å². The van der Waals surface area contributed by atoms with Gasteiger partial charge in [0.05, 0.1) is 32.8 Å². The molecule has 2 fully saturated rings. The van der Waals surface area contributed by atoms with Crippen LogP contribution in [-0.2, 0) is 19.1 Å². The van der Waals surface area contributed by atoms with Crippen LogP contribution < -0.4 is 9.47 Å². The molecule has 9 heteroatoms. The second-order valence-electron chi connectivity index (χ2n) is 8.36. The van der Waals surface area contributed by atoms with Crippen LogP contribution >= 0.6 is 0 Å². The molecule has 34 heavy (non-hydrogen) atoms. The molecule has 0 aromatic heterocycles. The van der Waals surface area contributed by atoms with Gasteiger partial charge in [-0.15, -0.1) is 0 Å². The smallest absolute Gasteiger partial charge is 0.260 e. The summed E-state index contributed by atoms with van der Waals surface area (Å²) in [4.78, 5) is 29.4. The maximum atomic E-state index is 13.3. The Morgan fingerprint density at radius 2 is 1.53 bits per heavy atom. The molecule has 0 aliphatic carbocycles. The summed E-state index contributed by atoms with van der Waals surface area (Å²) in [5.74, 6) is 0.420. The van der Waals surface area contributed by atoms with Gasteiger partial charge in [-0.1, -0.05) is 18.2 Å². The normalized spacial score (nSPS) is 20.6. The average molecular weight is 473 g/mol. The lowest BCUT2D eigenvalue weighted by molar-refractivity contribution is -0.168. The maximum Gasteiger partial charge on any atom is 0.260 e. The van der Waals surface area contributed by atoms with Gasteiger partial charge < -0.3 is 28.7 Å². The number of amides is 2. The number of halogens is 1. The number of nitrogens with zero attached hydrogens (tertiary/aromatic N) is 2. The molecule has 0 N–H and O–H groups in total. The zero-order valence-electron chi connectivity index (χ0n) is 19.0. The van der Waals surface area contributed by atoms with Crippen molar-refractivity contribution in [1.29, 1.82) is 0 Å². The van der Waals surface area contributed by atoms with Crippen LogP contribution in [0.3, 0.4) is 0 Å². The summed E-state index contributed by atoms with van der Waals surface area (Å²) < 4.78 is 36.2. The first-order chi connectivity index (χ1) is 16.5. The summed E-state index contributed by atoms with van der Waals surface area (Å²) >= 11 is 0. The Morgan fingerprint density at radius 1 is 0.853 bits per heavy atom. The van der Waals surface area contributed by atoms with Crippen LogP contribution in [0.1, 0.15) is 6.42 Å². The number of para-hydroxylation sites is 1. The summed E-state index contributed by atoms with van der Waals surface area (Å²) in [6.07, 6.45) is 0.0531. The molecule has 2 amide bonds. The van der Waals surface area contributed by atoms with Gasteiger partial charge in [0.1, 0.15) is 29.5 Å². The molecule has 2 saturated heterocycles. The molecule has 2 heterocycles. The van der Waals surface area contributed by atoms with E-state index in [4.69, 9.17) is 18.9 Å². The fourth-order valence-corrected chi connectivity index (χ4v) is 4.00. The fourth-order valence-electron chi connectivity index (χ4n) is 4.00. The summed E-state index contributed by atoms with van der Waals surface area (Å²) in [5, 5.41) is 0. The van der Waals surface area contributed by atoms with Gasteiger partial charge in [-0.05, 0) is 36.4 Å². The van der Waals surface area contributed by atoms with Crippen molar-refractivity contribution < 1.29 is 32.9 Å². The van der Waals surface area contributed by atoms with Gasteiger partial charge in [0.25, 0.3) is 5.91 Å². The first-order valence-corrected chi connectivity index (χ1v) is 11.4. The van der Waals surface area contributed by atoms with E-state index in [1.54, 1.807) is 21.9 Å². The van der Waals surface area contributed by atoms with Gasteiger partial charge in [0.2, 0.25) is 5.91 Å². The van der Waals surface area contributed by atoms with Gasteiger partial charge in [-0.2, -0.15) is 0 Å². The van der Waals surface area contributed by atoms with Crippen molar-refractivity contribution >= 4 is 11.8 Å². The number of hydrogen-bond donors (Lipinski definition) is 0. The molecule has 2 aromatic carbocycles. The van der Waals surface area contributed by atoms with Gasteiger partial charge in [-0.25, -0.2) is 4.39 Å². The molecule has 4 rings (SSSR count). The minimum Gasteiger partial charge on any atom is -0.490 e. The molecule has 2 aliphatic rings. The molecular weight excluding hydrogens is 443 g/mol. The quantitative estimate of drug-likeness (QED) is 0.586. The zero-order chi connectivity index (χ0) is 23.8. The van der Waals surface area contributed by atoms with E-state index >= 15 is 0 Å². The number of morpholine rings is 2. The number of carbonyl (C=O) groups is 2. The summed E-state index contributed by atoms with van der Waals surface area (Å²) in [5.41, 5.74) is -1.04. The van der Waals surface area contributed by atoms with E-state index in [0.717, 1.165) is 0 Å². The molecule has 2 aliphatic heterocycles. The van der Waals surface area contributed by atoms with Crippen LogP contribution in [-0.4, -0.2) is 86.4 Å². The molecule has 0 radical (unpaired) electrons. The average Bonchev–Trinajstić information content (AvgIpc) is 2.88. The Labute approximate surface area is 198 Å². The van der Waals surface area contributed by atoms with Crippen molar-refractivity contribution in [3.63, 3.8) is 0 Å². The number of ether oxygens (including phenoxy) is 4. The molecule has 0 bridgehead atoms. The first kappa shape index (κ1) is 24.0. The highest BCUT2D eigenvalue weighted by atomic mass is 19.1. The molecule has 0 saturated carbocycles. The SMILES string of the molecule is O=C(CC1(COc2ccc(F)cc2)CN(C(=O)COc2ccccc2)CCO1)N1CCOCC1. The minimum atomic E-state index is -1.04. The third kappa shape index (κ3) is 6.45. The molecule has 182 valence electrons. The van der Waals surface area contributed by atoms with Crippen molar-refractivity contribution in [2.75, 3.05) is 59.2 Å². The topological polar surface area (TPSA) is 77.5 Å². The Morgan fingerprint density at radius 3 is 2.26 bits per heavy atom. The van der Waals surface area contributed by atoms with Crippen molar-refractivity contribution in [3.05, 3.63) is 60.4 Å². The third-order valence-corrected chi connectivity index (χ3v) is 5.86. The minimum absolute atomic E-state index is 0.0397. The van der Waals surface area contributed by atoms with E-state index in [0.29, 0.717) is 44.3 Å². The number of hydrogen-bond acceptors (Lipinski definition) is 6. The van der Waals surface area contributed by atoms with E-state index in [2.05, 4.69) is 0 Å². The molecule has 1 atom stereocenters. The monoisotopic (exact) mass is 472 g/mol. The summed E-state index contributed by atoms with van der Waals surface area (Å²) in [7, 11) is 0. The third-order valence-electron chi connectivity index (χ3n) is 5.86. The Balaban J connectivity index is 1.44. The highest BCUT2D eigenvalue weighted by Crippen LogP contribution is 2.26. The van der Waals surface area contributed by atoms with Crippen molar-refractivity contribution in [3.8, 4) is 11.5 Å². The van der Waals surface area contributed by atoms with Crippen LogP contribution in [0.2, 0.25) is 0 Å². The van der Waals surface area contributed by atoms with Gasteiger partial charge in [0.15, 0.2) is 6.61 Å². The van der Waals surface area contributed by atoms with E-state index in [1.165, 1.54) is 24.3 Å². The zero-order valence-corrected chi connectivity index (χ0v) is 19.0. The van der Waals surface area contributed by atoms with Gasteiger partial charge >= 0.3 is 0 Å². The number of carbonyl (C=O) groups excluding carboxylic acids is 2. The standard InChI is InChI=1S/C25H29FN2O6/c26-20-6-8-22(9-7-20)33-19-25(16-23(29)27-10-13-31-14-11-27)18-28(12-15-34-25)24(30)17-32-21-4-2-1-3-5-21/h1-9H,10-19H2. The lowest BCUT2D eigenvalue weighted by Crippen LogP contribution is -2.59. The second-order valence-corrected chi connectivity index (χ2v) is 8.36. The summed E-state index contributed by atoms with van der Waals surface area (Å²) in [6.45, 7) is 2.78. The fraction of sp³-hybridized carbons (Fsp3) is 0.440. The molecule has 0 spiro atoms.